The molecule has 138 valence electrons. The number of rotatable bonds is 5. The second-order valence-corrected chi connectivity index (χ2v) is 6.84. The number of fused-ring (bicyclic) bond motifs is 1. The summed E-state index contributed by atoms with van der Waals surface area (Å²) in [4.78, 5) is 11.1. The SMILES string of the molecule is COc1cccc2c1CN(c1cncc(OCc3cccc(Cl)c3)n1)CC2. The second kappa shape index (κ2) is 7.84. The highest BCUT2D eigenvalue weighted by Gasteiger charge is 2.21. The molecule has 1 aliphatic rings. The molecule has 0 fully saturated rings. The molecule has 5 nitrogen and oxygen atoms in total. The van der Waals surface area contributed by atoms with E-state index in [-0.39, 0.29) is 0 Å². The summed E-state index contributed by atoms with van der Waals surface area (Å²) in [7, 11) is 1.71. The first kappa shape index (κ1) is 17.6. The van der Waals surface area contributed by atoms with Gasteiger partial charge in [-0.1, -0.05) is 35.9 Å². The topological polar surface area (TPSA) is 47.5 Å². The molecule has 1 aromatic heterocycles. The lowest BCUT2D eigenvalue weighted by atomic mass is 9.99. The van der Waals surface area contributed by atoms with Gasteiger partial charge in [0.1, 0.15) is 12.4 Å². The minimum absolute atomic E-state index is 0.398. The van der Waals surface area contributed by atoms with Crippen LogP contribution in [0.1, 0.15) is 16.7 Å². The molecule has 27 heavy (non-hydrogen) atoms. The molecule has 0 saturated carbocycles. The first-order valence-electron chi connectivity index (χ1n) is 8.82. The van der Waals surface area contributed by atoms with Crippen LogP contribution in [0.15, 0.2) is 54.9 Å². The summed E-state index contributed by atoms with van der Waals surface area (Å²) in [6, 6.07) is 13.8. The van der Waals surface area contributed by atoms with Crippen molar-refractivity contribution in [3.8, 4) is 11.6 Å². The quantitative estimate of drug-likeness (QED) is 0.660. The van der Waals surface area contributed by atoms with Crippen molar-refractivity contribution in [2.75, 3.05) is 18.6 Å². The van der Waals surface area contributed by atoms with Crippen LogP contribution in [0.5, 0.6) is 11.6 Å². The zero-order chi connectivity index (χ0) is 18.6. The van der Waals surface area contributed by atoms with Crippen LogP contribution >= 0.6 is 11.6 Å². The van der Waals surface area contributed by atoms with Crippen LogP contribution < -0.4 is 14.4 Å². The normalized spacial score (nSPS) is 13.2. The Kier molecular flexibility index (Phi) is 5.12. The molecular weight excluding hydrogens is 362 g/mol. The summed E-state index contributed by atoms with van der Waals surface area (Å²) in [5.41, 5.74) is 3.52. The van der Waals surface area contributed by atoms with Crippen molar-refractivity contribution in [3.63, 3.8) is 0 Å². The van der Waals surface area contributed by atoms with E-state index < -0.39 is 0 Å². The molecule has 0 N–H and O–H groups in total. The number of ether oxygens (including phenoxy) is 2. The van der Waals surface area contributed by atoms with E-state index >= 15 is 0 Å². The molecule has 0 saturated heterocycles. The molecule has 4 rings (SSSR count). The minimum atomic E-state index is 0.398. The van der Waals surface area contributed by atoms with Crippen LogP contribution in [-0.2, 0) is 19.6 Å². The fourth-order valence-corrected chi connectivity index (χ4v) is 3.49. The molecule has 2 heterocycles. The Bertz CT molecular complexity index is 934. The lowest BCUT2D eigenvalue weighted by Crippen LogP contribution is -2.31. The number of halogens is 1. The summed E-state index contributed by atoms with van der Waals surface area (Å²) in [5, 5.41) is 0.692. The van der Waals surface area contributed by atoms with Crippen molar-refractivity contribution in [2.45, 2.75) is 19.6 Å². The molecule has 1 aliphatic heterocycles. The Hall–Kier alpha value is -2.79. The van der Waals surface area contributed by atoms with Gasteiger partial charge in [-0.3, -0.25) is 4.98 Å². The van der Waals surface area contributed by atoms with Crippen LogP contribution in [0.3, 0.4) is 0 Å². The van der Waals surface area contributed by atoms with E-state index in [1.165, 1.54) is 11.1 Å². The molecule has 0 spiro atoms. The molecule has 0 amide bonds. The van der Waals surface area contributed by atoms with Crippen molar-refractivity contribution >= 4 is 17.4 Å². The summed E-state index contributed by atoms with van der Waals surface area (Å²) in [6.45, 7) is 2.02. The first-order chi connectivity index (χ1) is 13.2. The molecule has 3 aromatic rings. The van der Waals surface area contributed by atoms with Gasteiger partial charge < -0.3 is 14.4 Å². The third-order valence-electron chi connectivity index (χ3n) is 4.65. The van der Waals surface area contributed by atoms with Gasteiger partial charge in [0.05, 0.1) is 19.5 Å². The van der Waals surface area contributed by atoms with Gasteiger partial charge in [-0.2, -0.15) is 4.98 Å². The fraction of sp³-hybridized carbons (Fsp3) is 0.238. The highest BCUT2D eigenvalue weighted by Crippen LogP contribution is 2.30. The number of hydrogen-bond acceptors (Lipinski definition) is 5. The van der Waals surface area contributed by atoms with Crippen LogP contribution in [0.4, 0.5) is 5.82 Å². The predicted octanol–water partition coefficient (Wildman–Crippen LogP) is 4.28. The number of nitrogens with zero attached hydrogens (tertiary/aromatic N) is 3. The number of benzene rings is 2. The predicted molar refractivity (Wildman–Crippen MR) is 106 cm³/mol. The van der Waals surface area contributed by atoms with Crippen molar-refractivity contribution in [1.29, 1.82) is 0 Å². The van der Waals surface area contributed by atoms with Gasteiger partial charge in [-0.05, 0) is 35.7 Å². The van der Waals surface area contributed by atoms with Gasteiger partial charge in [0.15, 0.2) is 5.82 Å². The third kappa shape index (κ3) is 3.98. The van der Waals surface area contributed by atoms with Gasteiger partial charge in [0.2, 0.25) is 5.88 Å². The van der Waals surface area contributed by atoms with Crippen molar-refractivity contribution in [1.82, 2.24) is 9.97 Å². The van der Waals surface area contributed by atoms with E-state index in [9.17, 15) is 0 Å². The molecule has 0 aliphatic carbocycles. The van der Waals surface area contributed by atoms with E-state index in [0.717, 1.165) is 36.6 Å². The summed E-state index contributed by atoms with van der Waals surface area (Å²) >= 11 is 6.02. The fourth-order valence-electron chi connectivity index (χ4n) is 3.28. The highest BCUT2D eigenvalue weighted by molar-refractivity contribution is 6.30. The number of methoxy groups -OCH3 is 1. The lowest BCUT2D eigenvalue weighted by molar-refractivity contribution is 0.292. The van der Waals surface area contributed by atoms with Crippen molar-refractivity contribution in [3.05, 3.63) is 76.6 Å². The zero-order valence-electron chi connectivity index (χ0n) is 15.1. The summed E-state index contributed by atoms with van der Waals surface area (Å²) in [6.07, 6.45) is 4.35. The van der Waals surface area contributed by atoms with Gasteiger partial charge >= 0.3 is 0 Å². The number of aromatic nitrogens is 2. The maximum absolute atomic E-state index is 6.02. The van der Waals surface area contributed by atoms with Gasteiger partial charge in [0, 0.05) is 23.7 Å². The Balaban J connectivity index is 1.49. The summed E-state index contributed by atoms with van der Waals surface area (Å²) < 4.78 is 11.3. The lowest BCUT2D eigenvalue weighted by Gasteiger charge is -2.30. The standard InChI is InChI=1S/C21H20ClN3O2/c1-26-19-7-3-5-16-8-9-25(13-18(16)19)20-11-23-12-21(24-20)27-14-15-4-2-6-17(22)10-15/h2-7,10-12H,8-9,13-14H2,1H3. The average Bonchev–Trinajstić information content (AvgIpc) is 2.71. The van der Waals surface area contributed by atoms with Crippen LogP contribution in [-0.4, -0.2) is 23.6 Å². The highest BCUT2D eigenvalue weighted by atomic mass is 35.5. The van der Waals surface area contributed by atoms with E-state index in [0.29, 0.717) is 17.5 Å². The van der Waals surface area contributed by atoms with Crippen molar-refractivity contribution in [2.24, 2.45) is 0 Å². The zero-order valence-corrected chi connectivity index (χ0v) is 15.8. The molecule has 2 aromatic carbocycles. The molecule has 0 atom stereocenters. The van der Waals surface area contributed by atoms with Crippen molar-refractivity contribution < 1.29 is 9.47 Å². The van der Waals surface area contributed by atoms with Crippen LogP contribution in [0, 0.1) is 0 Å². The van der Waals surface area contributed by atoms with Gasteiger partial charge in [-0.25, -0.2) is 0 Å². The molecule has 0 unspecified atom stereocenters. The third-order valence-corrected chi connectivity index (χ3v) is 4.88. The van der Waals surface area contributed by atoms with E-state index in [4.69, 9.17) is 21.1 Å². The Morgan fingerprint density at radius 2 is 2.04 bits per heavy atom. The van der Waals surface area contributed by atoms with E-state index in [1.807, 2.05) is 36.4 Å². The minimum Gasteiger partial charge on any atom is -0.496 e. The van der Waals surface area contributed by atoms with E-state index in [1.54, 1.807) is 19.5 Å². The smallest absolute Gasteiger partial charge is 0.234 e. The molecule has 0 radical (unpaired) electrons. The van der Waals surface area contributed by atoms with Gasteiger partial charge in [0.25, 0.3) is 0 Å². The Morgan fingerprint density at radius 1 is 1.15 bits per heavy atom. The second-order valence-electron chi connectivity index (χ2n) is 6.40. The maximum atomic E-state index is 6.02. The Labute approximate surface area is 163 Å². The van der Waals surface area contributed by atoms with E-state index in [2.05, 4.69) is 20.9 Å². The number of hydrogen-bond donors (Lipinski definition) is 0. The monoisotopic (exact) mass is 381 g/mol. The summed E-state index contributed by atoms with van der Waals surface area (Å²) in [5.74, 6) is 2.21. The van der Waals surface area contributed by atoms with Crippen LogP contribution in [0.2, 0.25) is 5.02 Å². The number of anilines is 1. The molecule has 0 bridgehead atoms. The molecular formula is C21H20ClN3O2. The van der Waals surface area contributed by atoms with Gasteiger partial charge in [-0.15, -0.1) is 0 Å². The first-order valence-corrected chi connectivity index (χ1v) is 9.20. The average molecular weight is 382 g/mol. The molecule has 6 heteroatoms. The maximum Gasteiger partial charge on any atom is 0.234 e. The Morgan fingerprint density at radius 3 is 2.89 bits per heavy atom. The largest absolute Gasteiger partial charge is 0.496 e. The van der Waals surface area contributed by atoms with Crippen LogP contribution in [0.25, 0.3) is 0 Å².